The van der Waals surface area contributed by atoms with Gasteiger partial charge < -0.3 is 15.5 Å². The van der Waals surface area contributed by atoms with Crippen molar-refractivity contribution < 1.29 is 0 Å². The zero-order valence-corrected chi connectivity index (χ0v) is 9.26. The van der Waals surface area contributed by atoms with Gasteiger partial charge in [0.25, 0.3) is 0 Å². The van der Waals surface area contributed by atoms with E-state index < -0.39 is 0 Å². The standard InChI is InChI=1S/C11H23N3/c1-12-10-5-3-7-14(8-10)9-11-4-2-6-13-11/h10-13H,2-9H2,1H3/t10?,11-/m0/s1. The molecule has 82 valence electrons. The van der Waals surface area contributed by atoms with E-state index in [1.807, 2.05) is 0 Å². The number of likely N-dealkylation sites (N-methyl/N-ethyl adjacent to an activating group) is 1. The Labute approximate surface area is 87.2 Å². The smallest absolute Gasteiger partial charge is 0.0195 e. The summed E-state index contributed by atoms with van der Waals surface area (Å²) in [4.78, 5) is 2.62. The lowest BCUT2D eigenvalue weighted by atomic mass is 10.1. The van der Waals surface area contributed by atoms with Crippen LogP contribution in [0, 0.1) is 0 Å². The van der Waals surface area contributed by atoms with Gasteiger partial charge >= 0.3 is 0 Å². The number of nitrogens with zero attached hydrogens (tertiary/aromatic N) is 1. The number of likely N-dealkylation sites (tertiary alicyclic amines) is 1. The van der Waals surface area contributed by atoms with Gasteiger partial charge in [0.15, 0.2) is 0 Å². The van der Waals surface area contributed by atoms with Gasteiger partial charge in [0, 0.05) is 25.2 Å². The van der Waals surface area contributed by atoms with Crippen LogP contribution in [0.25, 0.3) is 0 Å². The molecule has 2 atom stereocenters. The first-order chi connectivity index (χ1) is 6.88. The molecule has 2 aliphatic rings. The van der Waals surface area contributed by atoms with E-state index in [1.165, 1.54) is 51.9 Å². The summed E-state index contributed by atoms with van der Waals surface area (Å²) in [7, 11) is 2.09. The van der Waals surface area contributed by atoms with E-state index in [0.29, 0.717) is 0 Å². The van der Waals surface area contributed by atoms with Gasteiger partial charge in [-0.25, -0.2) is 0 Å². The molecule has 1 unspecified atom stereocenters. The molecule has 0 aromatic heterocycles. The van der Waals surface area contributed by atoms with Crippen LogP contribution >= 0.6 is 0 Å². The number of piperidine rings is 1. The Morgan fingerprint density at radius 1 is 1.36 bits per heavy atom. The molecule has 0 spiro atoms. The molecule has 0 amide bonds. The zero-order chi connectivity index (χ0) is 9.80. The van der Waals surface area contributed by atoms with Gasteiger partial charge in [0.2, 0.25) is 0 Å². The Hall–Kier alpha value is -0.120. The van der Waals surface area contributed by atoms with E-state index in [4.69, 9.17) is 0 Å². The molecular formula is C11H23N3. The summed E-state index contributed by atoms with van der Waals surface area (Å²) in [5.41, 5.74) is 0. The van der Waals surface area contributed by atoms with Crippen molar-refractivity contribution in [3.05, 3.63) is 0 Å². The summed E-state index contributed by atoms with van der Waals surface area (Å²) in [5.74, 6) is 0. The van der Waals surface area contributed by atoms with Crippen LogP contribution in [0.3, 0.4) is 0 Å². The summed E-state index contributed by atoms with van der Waals surface area (Å²) in [6.07, 6.45) is 5.46. The average Bonchev–Trinajstić information content (AvgIpc) is 2.71. The maximum Gasteiger partial charge on any atom is 0.0195 e. The third-order valence-corrected chi connectivity index (χ3v) is 3.55. The lowest BCUT2D eigenvalue weighted by Crippen LogP contribution is -2.48. The highest BCUT2D eigenvalue weighted by Crippen LogP contribution is 2.13. The second kappa shape index (κ2) is 5.10. The molecule has 0 aromatic rings. The Kier molecular flexibility index (Phi) is 3.79. The normalized spacial score (nSPS) is 34.9. The van der Waals surface area contributed by atoms with Gasteiger partial charge in [-0.15, -0.1) is 0 Å². The van der Waals surface area contributed by atoms with Crippen LogP contribution in [0.2, 0.25) is 0 Å². The van der Waals surface area contributed by atoms with Crippen molar-refractivity contribution in [2.45, 2.75) is 37.8 Å². The molecule has 14 heavy (non-hydrogen) atoms. The SMILES string of the molecule is CNC1CCCN(C[C@@H]2CCCN2)C1. The fourth-order valence-corrected chi connectivity index (χ4v) is 2.68. The van der Waals surface area contributed by atoms with Crippen LogP contribution in [-0.2, 0) is 0 Å². The number of rotatable bonds is 3. The fourth-order valence-electron chi connectivity index (χ4n) is 2.68. The molecule has 2 rings (SSSR count). The number of hydrogen-bond donors (Lipinski definition) is 2. The molecule has 0 aromatic carbocycles. The van der Waals surface area contributed by atoms with E-state index in [-0.39, 0.29) is 0 Å². The Morgan fingerprint density at radius 3 is 3.00 bits per heavy atom. The highest BCUT2D eigenvalue weighted by Gasteiger charge is 2.22. The molecule has 0 radical (unpaired) electrons. The maximum absolute atomic E-state index is 3.57. The van der Waals surface area contributed by atoms with E-state index >= 15 is 0 Å². The Balaban J connectivity index is 1.73. The van der Waals surface area contributed by atoms with Crippen molar-refractivity contribution in [3.8, 4) is 0 Å². The van der Waals surface area contributed by atoms with Gasteiger partial charge in [0.05, 0.1) is 0 Å². The average molecular weight is 197 g/mol. The Morgan fingerprint density at radius 2 is 2.29 bits per heavy atom. The third kappa shape index (κ3) is 2.69. The fraction of sp³-hybridized carbons (Fsp3) is 1.00. The van der Waals surface area contributed by atoms with E-state index in [9.17, 15) is 0 Å². The van der Waals surface area contributed by atoms with E-state index in [2.05, 4.69) is 22.6 Å². The van der Waals surface area contributed by atoms with Gasteiger partial charge in [-0.1, -0.05) is 0 Å². The summed E-state index contributed by atoms with van der Waals surface area (Å²) < 4.78 is 0. The summed E-state index contributed by atoms with van der Waals surface area (Å²) >= 11 is 0. The molecule has 0 saturated carbocycles. The predicted molar refractivity (Wildman–Crippen MR) is 59.5 cm³/mol. The van der Waals surface area contributed by atoms with Crippen molar-refractivity contribution in [1.29, 1.82) is 0 Å². The van der Waals surface area contributed by atoms with Crippen LogP contribution in [0.4, 0.5) is 0 Å². The van der Waals surface area contributed by atoms with Crippen LogP contribution in [0.15, 0.2) is 0 Å². The number of hydrogen-bond acceptors (Lipinski definition) is 3. The molecule has 2 aliphatic heterocycles. The molecule has 2 fully saturated rings. The first-order valence-corrected chi connectivity index (χ1v) is 6.01. The zero-order valence-electron chi connectivity index (χ0n) is 9.26. The van der Waals surface area contributed by atoms with Crippen LogP contribution < -0.4 is 10.6 Å². The van der Waals surface area contributed by atoms with Crippen molar-refractivity contribution in [2.75, 3.05) is 33.2 Å². The molecule has 3 nitrogen and oxygen atoms in total. The summed E-state index contributed by atoms with van der Waals surface area (Å²) in [5, 5.41) is 6.97. The Bertz CT molecular complexity index is 166. The first-order valence-electron chi connectivity index (χ1n) is 6.01. The molecule has 3 heteroatoms. The second-order valence-electron chi connectivity index (χ2n) is 4.68. The number of nitrogens with one attached hydrogen (secondary N) is 2. The molecule has 2 saturated heterocycles. The topological polar surface area (TPSA) is 27.3 Å². The molecule has 0 bridgehead atoms. The minimum absolute atomic E-state index is 0.727. The van der Waals surface area contributed by atoms with Crippen molar-refractivity contribution in [3.63, 3.8) is 0 Å². The third-order valence-electron chi connectivity index (χ3n) is 3.55. The highest BCUT2D eigenvalue weighted by molar-refractivity contribution is 4.82. The minimum Gasteiger partial charge on any atom is -0.316 e. The second-order valence-corrected chi connectivity index (χ2v) is 4.68. The largest absolute Gasteiger partial charge is 0.316 e. The summed E-state index contributed by atoms with van der Waals surface area (Å²) in [6.45, 7) is 5.04. The molecule has 0 aliphatic carbocycles. The molecular weight excluding hydrogens is 174 g/mol. The van der Waals surface area contributed by atoms with Gasteiger partial charge in [-0.3, -0.25) is 0 Å². The van der Waals surface area contributed by atoms with Gasteiger partial charge in [-0.2, -0.15) is 0 Å². The maximum atomic E-state index is 3.57. The quantitative estimate of drug-likeness (QED) is 0.687. The lowest BCUT2D eigenvalue weighted by molar-refractivity contribution is 0.181. The van der Waals surface area contributed by atoms with Gasteiger partial charge in [0.1, 0.15) is 0 Å². The first kappa shape index (κ1) is 10.4. The van der Waals surface area contributed by atoms with Crippen molar-refractivity contribution >= 4 is 0 Å². The van der Waals surface area contributed by atoms with Crippen LogP contribution in [-0.4, -0.2) is 50.2 Å². The summed E-state index contributed by atoms with van der Waals surface area (Å²) in [6, 6.07) is 1.50. The van der Waals surface area contributed by atoms with Crippen molar-refractivity contribution in [2.24, 2.45) is 0 Å². The van der Waals surface area contributed by atoms with Crippen LogP contribution in [0.5, 0.6) is 0 Å². The van der Waals surface area contributed by atoms with E-state index in [0.717, 1.165) is 12.1 Å². The minimum atomic E-state index is 0.727. The lowest BCUT2D eigenvalue weighted by Gasteiger charge is -2.34. The highest BCUT2D eigenvalue weighted by atomic mass is 15.2. The molecule has 2 heterocycles. The predicted octanol–water partition coefficient (Wildman–Crippen LogP) is 0.422. The molecule has 2 N–H and O–H groups in total. The van der Waals surface area contributed by atoms with Gasteiger partial charge in [-0.05, 0) is 45.8 Å². The van der Waals surface area contributed by atoms with Crippen molar-refractivity contribution in [1.82, 2.24) is 15.5 Å². The van der Waals surface area contributed by atoms with Crippen LogP contribution in [0.1, 0.15) is 25.7 Å². The van der Waals surface area contributed by atoms with E-state index in [1.54, 1.807) is 0 Å². The monoisotopic (exact) mass is 197 g/mol.